The van der Waals surface area contributed by atoms with Crippen LogP contribution in [0.1, 0.15) is 49.4 Å². The number of rotatable bonds is 6. The molecule has 1 saturated carbocycles. The van der Waals surface area contributed by atoms with Crippen LogP contribution >= 0.6 is 23.2 Å². The van der Waals surface area contributed by atoms with Gasteiger partial charge in [-0.2, -0.15) is 0 Å². The molecule has 2 aromatic rings. The molecule has 0 heterocycles. The molecule has 0 bridgehead atoms. The fourth-order valence-corrected chi connectivity index (χ4v) is 5.93. The monoisotopic (exact) mass is 454 g/mol. The standard InChI is InChI=1S/C21H24Cl2N2O3S/c1-2-25(16-11-7-4-8-12-16)29(27,28)20-13-17(18(22)14-19(20)23)21(26)24-15-9-5-3-6-10-15/h4,7-8,11-15H,2-3,5-6,9-10H2,1H3,(H,24,26). The minimum atomic E-state index is -3.98. The second-order valence-electron chi connectivity index (χ2n) is 7.08. The molecule has 2 aromatic carbocycles. The molecule has 156 valence electrons. The summed E-state index contributed by atoms with van der Waals surface area (Å²) in [5, 5.41) is 3.09. The largest absolute Gasteiger partial charge is 0.349 e. The number of carbonyl (C=O) groups excluding carboxylic acids is 1. The van der Waals surface area contributed by atoms with Crippen LogP contribution in [0.15, 0.2) is 47.4 Å². The Balaban J connectivity index is 1.96. The zero-order chi connectivity index (χ0) is 21.0. The molecule has 0 atom stereocenters. The van der Waals surface area contributed by atoms with E-state index in [1.807, 2.05) is 6.07 Å². The van der Waals surface area contributed by atoms with Crippen molar-refractivity contribution in [2.24, 2.45) is 0 Å². The molecule has 5 nitrogen and oxygen atoms in total. The maximum Gasteiger partial charge on any atom is 0.265 e. The molecular weight excluding hydrogens is 431 g/mol. The van der Waals surface area contributed by atoms with Gasteiger partial charge in [0.05, 0.1) is 21.3 Å². The average molecular weight is 455 g/mol. The molecule has 0 unspecified atom stereocenters. The lowest BCUT2D eigenvalue weighted by Gasteiger charge is -2.25. The topological polar surface area (TPSA) is 66.5 Å². The fraction of sp³-hybridized carbons (Fsp3) is 0.381. The Morgan fingerprint density at radius 1 is 1.07 bits per heavy atom. The summed E-state index contributed by atoms with van der Waals surface area (Å²) in [4.78, 5) is 12.7. The second kappa shape index (κ2) is 9.37. The number of halogens is 2. The maximum atomic E-state index is 13.3. The molecule has 3 rings (SSSR count). The number of anilines is 1. The van der Waals surface area contributed by atoms with Crippen LogP contribution < -0.4 is 9.62 Å². The Labute approximate surface area is 182 Å². The summed E-state index contributed by atoms with van der Waals surface area (Å²) < 4.78 is 27.9. The van der Waals surface area contributed by atoms with Gasteiger partial charge in [-0.1, -0.05) is 60.7 Å². The van der Waals surface area contributed by atoms with Gasteiger partial charge in [-0.05, 0) is 44.0 Å². The van der Waals surface area contributed by atoms with Crippen LogP contribution in [0.2, 0.25) is 10.0 Å². The molecule has 1 N–H and O–H groups in total. The lowest BCUT2D eigenvalue weighted by Crippen LogP contribution is -2.36. The third kappa shape index (κ3) is 4.87. The van der Waals surface area contributed by atoms with Crippen LogP contribution in [0.3, 0.4) is 0 Å². The van der Waals surface area contributed by atoms with Crippen molar-refractivity contribution < 1.29 is 13.2 Å². The third-order valence-corrected chi connectivity index (χ3v) is 7.79. The summed E-state index contributed by atoms with van der Waals surface area (Å²) in [6.45, 7) is 1.96. The molecule has 1 amide bonds. The van der Waals surface area contributed by atoms with Crippen molar-refractivity contribution in [2.45, 2.75) is 50.0 Å². The van der Waals surface area contributed by atoms with Crippen LogP contribution in [-0.4, -0.2) is 26.9 Å². The first-order valence-electron chi connectivity index (χ1n) is 9.72. The third-order valence-electron chi connectivity index (χ3n) is 5.11. The Bertz CT molecular complexity index is 975. The highest BCUT2D eigenvalue weighted by Crippen LogP contribution is 2.33. The van der Waals surface area contributed by atoms with Crippen molar-refractivity contribution >= 4 is 44.8 Å². The number of nitrogens with zero attached hydrogens (tertiary/aromatic N) is 1. The minimum Gasteiger partial charge on any atom is -0.349 e. The van der Waals surface area contributed by atoms with E-state index in [-0.39, 0.29) is 39.0 Å². The smallest absolute Gasteiger partial charge is 0.265 e. The summed E-state index contributed by atoms with van der Waals surface area (Å²) in [6.07, 6.45) is 5.14. The van der Waals surface area contributed by atoms with E-state index in [9.17, 15) is 13.2 Å². The lowest BCUT2D eigenvalue weighted by molar-refractivity contribution is 0.0927. The molecule has 0 aliphatic heterocycles. The van der Waals surface area contributed by atoms with Crippen molar-refractivity contribution in [1.82, 2.24) is 5.32 Å². The van der Waals surface area contributed by atoms with Gasteiger partial charge in [-0.25, -0.2) is 8.42 Å². The first-order chi connectivity index (χ1) is 13.8. The van der Waals surface area contributed by atoms with Crippen molar-refractivity contribution in [3.8, 4) is 0 Å². The quantitative estimate of drug-likeness (QED) is 0.645. The van der Waals surface area contributed by atoms with Gasteiger partial charge in [0.2, 0.25) is 0 Å². The summed E-state index contributed by atoms with van der Waals surface area (Å²) in [5.74, 6) is -0.377. The number of carbonyl (C=O) groups is 1. The van der Waals surface area contributed by atoms with E-state index in [4.69, 9.17) is 23.2 Å². The van der Waals surface area contributed by atoms with Crippen LogP contribution in [0.5, 0.6) is 0 Å². The maximum absolute atomic E-state index is 13.3. The molecule has 1 aliphatic carbocycles. The Hall–Kier alpha value is -1.76. The van der Waals surface area contributed by atoms with Gasteiger partial charge in [0.25, 0.3) is 15.9 Å². The lowest BCUT2D eigenvalue weighted by atomic mass is 9.95. The van der Waals surface area contributed by atoms with E-state index in [2.05, 4.69) is 5.32 Å². The minimum absolute atomic E-state index is 0.0152. The molecular formula is C21H24Cl2N2O3S. The van der Waals surface area contributed by atoms with Gasteiger partial charge < -0.3 is 5.32 Å². The Morgan fingerprint density at radius 3 is 2.34 bits per heavy atom. The molecule has 0 radical (unpaired) electrons. The van der Waals surface area contributed by atoms with Gasteiger partial charge in [0, 0.05) is 12.6 Å². The molecule has 0 aromatic heterocycles. The zero-order valence-corrected chi connectivity index (χ0v) is 18.5. The summed E-state index contributed by atoms with van der Waals surface area (Å²) in [6, 6.07) is 11.4. The fourth-order valence-electron chi connectivity index (χ4n) is 3.62. The highest BCUT2D eigenvalue weighted by atomic mass is 35.5. The van der Waals surface area contributed by atoms with Crippen LogP contribution in [0.25, 0.3) is 0 Å². The van der Waals surface area contributed by atoms with Crippen LogP contribution in [0.4, 0.5) is 5.69 Å². The highest BCUT2D eigenvalue weighted by molar-refractivity contribution is 7.93. The van der Waals surface area contributed by atoms with Crippen LogP contribution in [-0.2, 0) is 10.0 Å². The predicted octanol–water partition coefficient (Wildman–Crippen LogP) is 5.27. The SMILES string of the molecule is CCN(c1ccccc1)S(=O)(=O)c1cc(C(=O)NC2CCCCC2)c(Cl)cc1Cl. The van der Waals surface area contributed by atoms with E-state index >= 15 is 0 Å². The summed E-state index contributed by atoms with van der Waals surface area (Å²) >= 11 is 12.5. The van der Waals surface area contributed by atoms with E-state index < -0.39 is 10.0 Å². The van der Waals surface area contributed by atoms with E-state index in [1.165, 1.54) is 22.9 Å². The van der Waals surface area contributed by atoms with Crippen molar-refractivity contribution in [2.75, 3.05) is 10.8 Å². The zero-order valence-electron chi connectivity index (χ0n) is 16.2. The number of hydrogen-bond donors (Lipinski definition) is 1. The van der Waals surface area contributed by atoms with Crippen molar-refractivity contribution in [1.29, 1.82) is 0 Å². The number of hydrogen-bond acceptors (Lipinski definition) is 3. The molecule has 1 fully saturated rings. The average Bonchev–Trinajstić information content (AvgIpc) is 2.69. The van der Waals surface area contributed by atoms with E-state index in [1.54, 1.807) is 31.2 Å². The molecule has 29 heavy (non-hydrogen) atoms. The number of benzene rings is 2. The van der Waals surface area contributed by atoms with Gasteiger partial charge >= 0.3 is 0 Å². The van der Waals surface area contributed by atoms with Crippen molar-refractivity contribution in [3.05, 3.63) is 58.1 Å². The molecule has 0 spiro atoms. The van der Waals surface area contributed by atoms with Crippen molar-refractivity contribution in [3.63, 3.8) is 0 Å². The van der Waals surface area contributed by atoms with E-state index in [0.29, 0.717) is 5.69 Å². The molecule has 0 saturated heterocycles. The number of amides is 1. The predicted molar refractivity (Wildman–Crippen MR) is 117 cm³/mol. The summed E-state index contributed by atoms with van der Waals surface area (Å²) in [7, 11) is -3.98. The molecule has 8 heteroatoms. The molecule has 1 aliphatic rings. The van der Waals surface area contributed by atoms with Gasteiger partial charge in [-0.3, -0.25) is 9.10 Å². The first kappa shape index (κ1) is 21.9. The normalized spacial score (nSPS) is 15.1. The highest BCUT2D eigenvalue weighted by Gasteiger charge is 2.29. The Kier molecular flexibility index (Phi) is 7.09. The van der Waals surface area contributed by atoms with Gasteiger partial charge in [0.15, 0.2) is 0 Å². The summed E-state index contributed by atoms with van der Waals surface area (Å²) in [5.41, 5.74) is 0.638. The van der Waals surface area contributed by atoms with Gasteiger partial charge in [0.1, 0.15) is 4.90 Å². The van der Waals surface area contributed by atoms with Crippen LogP contribution in [0, 0.1) is 0 Å². The Morgan fingerprint density at radius 2 is 1.72 bits per heavy atom. The first-order valence-corrected chi connectivity index (χ1v) is 11.9. The van der Waals surface area contributed by atoms with E-state index in [0.717, 1.165) is 25.7 Å². The number of sulfonamides is 1. The number of nitrogens with one attached hydrogen (secondary N) is 1. The second-order valence-corrected chi connectivity index (χ2v) is 9.72. The number of para-hydroxylation sites is 1. The van der Waals surface area contributed by atoms with Gasteiger partial charge in [-0.15, -0.1) is 0 Å².